The molecule has 0 amide bonds. The summed E-state index contributed by atoms with van der Waals surface area (Å²) in [6.45, 7) is 11.4. The van der Waals surface area contributed by atoms with Crippen molar-refractivity contribution in [2.75, 3.05) is 0 Å². The molecule has 0 aromatic carbocycles. The third-order valence-electron chi connectivity index (χ3n) is 6.06. The van der Waals surface area contributed by atoms with Crippen LogP contribution in [0.4, 0.5) is 0 Å². The average Bonchev–Trinajstić information content (AvgIpc) is 2.64. The maximum absolute atomic E-state index is 6.35. The van der Waals surface area contributed by atoms with Crippen LogP contribution in [0.5, 0.6) is 0 Å². The Kier molecular flexibility index (Phi) is 3.09. The molecule has 0 aromatic heterocycles. The van der Waals surface area contributed by atoms with Crippen molar-refractivity contribution in [1.29, 1.82) is 0 Å². The standard InChI is InChI=1S/C15H28BNO2/c1-9(2)6-13(17)16-18-12-8-10-7-11(14(10,3)4)15(12,5)19-16/h9-13H,6-8,17H2,1-5H3/t10-,11-,12-,13-,15-/m1/s1. The predicted molar refractivity (Wildman–Crippen MR) is 77.5 cm³/mol. The Hall–Kier alpha value is -0.0551. The molecule has 4 rings (SSSR count). The van der Waals surface area contributed by atoms with Gasteiger partial charge in [-0.25, -0.2) is 0 Å². The molecular weight excluding hydrogens is 237 g/mol. The van der Waals surface area contributed by atoms with Crippen LogP contribution in [0, 0.1) is 23.2 Å². The van der Waals surface area contributed by atoms with Crippen LogP contribution in [0.1, 0.15) is 53.9 Å². The molecule has 1 aliphatic heterocycles. The fraction of sp³-hybridized carbons (Fsp3) is 1.00. The second kappa shape index (κ2) is 4.22. The van der Waals surface area contributed by atoms with Gasteiger partial charge in [-0.05, 0) is 49.4 Å². The number of hydrogen-bond acceptors (Lipinski definition) is 3. The first kappa shape index (κ1) is 13.9. The van der Waals surface area contributed by atoms with E-state index >= 15 is 0 Å². The molecule has 4 fully saturated rings. The fourth-order valence-corrected chi connectivity index (χ4v) is 4.74. The Morgan fingerprint density at radius 3 is 2.53 bits per heavy atom. The SMILES string of the molecule is CC(C)C[C@@H](N)B1O[C@@H]2C[C@H]3C[C@H](C3(C)C)[C@@]2(C)O1. The zero-order chi connectivity index (χ0) is 14.0. The molecule has 1 heterocycles. The molecule has 3 aliphatic carbocycles. The number of hydrogen-bond donors (Lipinski definition) is 1. The lowest BCUT2D eigenvalue weighted by atomic mass is 9.43. The first-order valence-corrected chi connectivity index (χ1v) is 7.84. The molecule has 4 aliphatic rings. The van der Waals surface area contributed by atoms with Gasteiger partial charge in [0.15, 0.2) is 0 Å². The van der Waals surface area contributed by atoms with Crippen molar-refractivity contribution in [2.24, 2.45) is 28.9 Å². The quantitative estimate of drug-likeness (QED) is 0.798. The van der Waals surface area contributed by atoms with E-state index in [4.69, 9.17) is 15.0 Å². The minimum absolute atomic E-state index is 0.00253. The lowest BCUT2D eigenvalue weighted by molar-refractivity contribution is -0.199. The maximum atomic E-state index is 6.35. The van der Waals surface area contributed by atoms with Crippen molar-refractivity contribution in [1.82, 2.24) is 0 Å². The van der Waals surface area contributed by atoms with Crippen LogP contribution in [0.25, 0.3) is 0 Å². The molecule has 19 heavy (non-hydrogen) atoms. The molecule has 108 valence electrons. The van der Waals surface area contributed by atoms with Gasteiger partial charge < -0.3 is 15.0 Å². The van der Waals surface area contributed by atoms with E-state index < -0.39 is 0 Å². The van der Waals surface area contributed by atoms with Crippen LogP contribution >= 0.6 is 0 Å². The van der Waals surface area contributed by atoms with Gasteiger partial charge in [0.05, 0.1) is 11.7 Å². The zero-order valence-electron chi connectivity index (χ0n) is 13.0. The van der Waals surface area contributed by atoms with Gasteiger partial charge in [0.25, 0.3) is 0 Å². The molecule has 0 radical (unpaired) electrons. The van der Waals surface area contributed by atoms with Gasteiger partial charge in [0.1, 0.15) is 0 Å². The summed E-state index contributed by atoms with van der Waals surface area (Å²) in [6, 6.07) is 0. The summed E-state index contributed by atoms with van der Waals surface area (Å²) in [6.07, 6.45) is 3.67. The molecule has 0 spiro atoms. The summed E-state index contributed by atoms with van der Waals surface area (Å²) in [5, 5.41) is 0. The fourth-order valence-electron chi connectivity index (χ4n) is 4.74. The summed E-state index contributed by atoms with van der Waals surface area (Å²) >= 11 is 0. The lowest BCUT2D eigenvalue weighted by Crippen LogP contribution is -2.65. The average molecular weight is 265 g/mol. The van der Waals surface area contributed by atoms with Crippen LogP contribution in [0.2, 0.25) is 0 Å². The predicted octanol–water partition coefficient (Wildman–Crippen LogP) is 2.63. The first-order valence-electron chi connectivity index (χ1n) is 7.84. The molecule has 0 aromatic rings. The van der Waals surface area contributed by atoms with Gasteiger partial charge in [-0.2, -0.15) is 0 Å². The van der Waals surface area contributed by atoms with Crippen molar-refractivity contribution in [3.63, 3.8) is 0 Å². The Labute approximate surface area is 117 Å². The second-order valence-electron chi connectivity index (χ2n) is 8.13. The van der Waals surface area contributed by atoms with Crippen molar-refractivity contribution >= 4 is 7.12 Å². The van der Waals surface area contributed by atoms with Crippen molar-refractivity contribution in [2.45, 2.75) is 71.5 Å². The van der Waals surface area contributed by atoms with E-state index in [9.17, 15) is 0 Å². The van der Waals surface area contributed by atoms with Gasteiger partial charge in [0.2, 0.25) is 0 Å². The molecule has 2 N–H and O–H groups in total. The van der Waals surface area contributed by atoms with Crippen molar-refractivity contribution < 1.29 is 9.31 Å². The highest BCUT2D eigenvalue weighted by Crippen LogP contribution is 2.65. The Morgan fingerprint density at radius 2 is 1.95 bits per heavy atom. The summed E-state index contributed by atoms with van der Waals surface area (Å²) in [4.78, 5) is 0. The van der Waals surface area contributed by atoms with Crippen molar-refractivity contribution in [3.05, 3.63) is 0 Å². The molecule has 1 saturated heterocycles. The van der Waals surface area contributed by atoms with Crippen LogP contribution in [-0.2, 0) is 9.31 Å². The van der Waals surface area contributed by atoms with Crippen LogP contribution in [-0.4, -0.2) is 24.8 Å². The third kappa shape index (κ3) is 1.90. The van der Waals surface area contributed by atoms with E-state index in [2.05, 4.69) is 34.6 Å². The van der Waals surface area contributed by atoms with Crippen molar-refractivity contribution in [3.8, 4) is 0 Å². The Bertz CT molecular complexity index is 373. The third-order valence-corrected chi connectivity index (χ3v) is 6.06. The highest BCUT2D eigenvalue weighted by Gasteiger charge is 2.68. The van der Waals surface area contributed by atoms with E-state index in [0.717, 1.165) is 18.8 Å². The summed E-state index contributed by atoms with van der Waals surface area (Å²) < 4.78 is 12.5. The van der Waals surface area contributed by atoms with Gasteiger partial charge in [0, 0.05) is 5.94 Å². The Balaban J connectivity index is 1.74. The van der Waals surface area contributed by atoms with E-state index in [1.807, 2.05) is 0 Å². The minimum atomic E-state index is -0.201. The van der Waals surface area contributed by atoms with Gasteiger partial charge >= 0.3 is 7.12 Å². The molecule has 0 unspecified atom stereocenters. The van der Waals surface area contributed by atoms with Crippen LogP contribution < -0.4 is 5.73 Å². The van der Waals surface area contributed by atoms with E-state index in [-0.39, 0.29) is 24.8 Å². The molecule has 2 bridgehead atoms. The maximum Gasteiger partial charge on any atom is 0.475 e. The molecule has 4 heteroatoms. The largest absolute Gasteiger partial charge is 0.475 e. The van der Waals surface area contributed by atoms with E-state index in [1.54, 1.807) is 0 Å². The van der Waals surface area contributed by atoms with Gasteiger partial charge in [-0.15, -0.1) is 0 Å². The Morgan fingerprint density at radius 1 is 1.26 bits per heavy atom. The number of nitrogens with two attached hydrogens (primary N) is 1. The van der Waals surface area contributed by atoms with E-state index in [1.165, 1.54) is 6.42 Å². The monoisotopic (exact) mass is 265 g/mol. The van der Waals surface area contributed by atoms with Crippen LogP contribution in [0.15, 0.2) is 0 Å². The highest BCUT2D eigenvalue weighted by molar-refractivity contribution is 6.47. The lowest BCUT2D eigenvalue weighted by Gasteiger charge is -2.64. The highest BCUT2D eigenvalue weighted by atomic mass is 16.7. The topological polar surface area (TPSA) is 44.5 Å². The first-order chi connectivity index (χ1) is 8.75. The van der Waals surface area contributed by atoms with Gasteiger partial charge in [-0.1, -0.05) is 27.7 Å². The molecule has 3 saturated carbocycles. The normalized spacial score (nSPS) is 45.0. The van der Waals surface area contributed by atoms with E-state index in [0.29, 0.717) is 17.3 Å². The molecule has 3 nitrogen and oxygen atoms in total. The second-order valence-corrected chi connectivity index (χ2v) is 8.13. The van der Waals surface area contributed by atoms with Crippen LogP contribution in [0.3, 0.4) is 0 Å². The molecular formula is C15H28BNO2. The summed E-state index contributed by atoms with van der Waals surface area (Å²) in [5.41, 5.74) is 6.56. The zero-order valence-corrected chi connectivity index (χ0v) is 13.0. The summed E-state index contributed by atoms with van der Waals surface area (Å²) in [7, 11) is -0.201. The van der Waals surface area contributed by atoms with Gasteiger partial charge in [-0.3, -0.25) is 0 Å². The summed E-state index contributed by atoms with van der Waals surface area (Å²) in [5.74, 6) is 2.02. The molecule has 5 atom stereocenters. The number of rotatable bonds is 3. The smallest absolute Gasteiger partial charge is 0.404 e. The minimum Gasteiger partial charge on any atom is -0.404 e.